The zero-order valence-corrected chi connectivity index (χ0v) is 16.6. The summed E-state index contributed by atoms with van der Waals surface area (Å²) >= 11 is 4.97. The van der Waals surface area contributed by atoms with Crippen molar-refractivity contribution in [2.75, 3.05) is 37.2 Å². The number of piperazine rings is 1. The molecule has 1 aliphatic heterocycles. The first kappa shape index (κ1) is 18.8. The molecule has 3 rings (SSSR count). The molecule has 0 atom stereocenters. The standard InChI is InChI=1S/C19H20BrN3O2S/c20-15-5-4-8-17(13-15)26-14-18(24)22-9-11-23(12-10-22)19(25)21-16-6-2-1-3-7-16/h1-8,13H,9-12,14H2,(H,21,25). The first-order valence-electron chi connectivity index (χ1n) is 8.39. The van der Waals surface area contributed by atoms with Crippen LogP contribution in [-0.2, 0) is 4.79 Å². The van der Waals surface area contributed by atoms with Gasteiger partial charge >= 0.3 is 6.03 Å². The van der Waals surface area contributed by atoms with Crippen LogP contribution >= 0.6 is 27.7 Å². The van der Waals surface area contributed by atoms with E-state index in [9.17, 15) is 9.59 Å². The van der Waals surface area contributed by atoms with Crippen LogP contribution in [0.3, 0.4) is 0 Å². The fourth-order valence-electron chi connectivity index (χ4n) is 2.68. The Bertz CT molecular complexity index is 764. The highest BCUT2D eigenvalue weighted by Gasteiger charge is 2.24. The highest BCUT2D eigenvalue weighted by molar-refractivity contribution is 9.10. The predicted molar refractivity (Wildman–Crippen MR) is 108 cm³/mol. The zero-order chi connectivity index (χ0) is 18.4. The molecular weight excluding hydrogens is 414 g/mol. The van der Waals surface area contributed by atoms with Crippen molar-refractivity contribution in [1.82, 2.24) is 9.80 Å². The fraction of sp³-hybridized carbons (Fsp3) is 0.263. The summed E-state index contributed by atoms with van der Waals surface area (Å²) < 4.78 is 1.01. The van der Waals surface area contributed by atoms with Crippen molar-refractivity contribution >= 4 is 45.3 Å². The van der Waals surface area contributed by atoms with E-state index in [4.69, 9.17) is 0 Å². The number of hydrogen-bond acceptors (Lipinski definition) is 3. The molecule has 7 heteroatoms. The Hall–Kier alpha value is -1.99. The van der Waals surface area contributed by atoms with E-state index in [1.54, 1.807) is 4.90 Å². The minimum Gasteiger partial charge on any atom is -0.338 e. The first-order chi connectivity index (χ1) is 12.6. The molecule has 1 aliphatic rings. The lowest BCUT2D eigenvalue weighted by Gasteiger charge is -2.34. The number of hydrogen-bond donors (Lipinski definition) is 1. The molecule has 0 radical (unpaired) electrons. The van der Waals surface area contributed by atoms with Crippen LogP contribution in [0.5, 0.6) is 0 Å². The Labute approximate surface area is 165 Å². The van der Waals surface area contributed by atoms with Gasteiger partial charge in [0.05, 0.1) is 5.75 Å². The molecule has 26 heavy (non-hydrogen) atoms. The molecule has 1 N–H and O–H groups in total. The van der Waals surface area contributed by atoms with Crippen LogP contribution in [0.4, 0.5) is 10.5 Å². The largest absolute Gasteiger partial charge is 0.338 e. The number of nitrogens with one attached hydrogen (secondary N) is 1. The van der Waals surface area contributed by atoms with E-state index in [2.05, 4.69) is 21.2 Å². The second-order valence-corrected chi connectivity index (χ2v) is 7.87. The van der Waals surface area contributed by atoms with Crippen LogP contribution in [0.25, 0.3) is 0 Å². The monoisotopic (exact) mass is 433 g/mol. The normalized spacial score (nSPS) is 14.2. The van der Waals surface area contributed by atoms with Gasteiger partial charge in [0, 0.05) is 41.2 Å². The Morgan fingerprint density at radius 2 is 1.65 bits per heavy atom. The molecule has 0 spiro atoms. The van der Waals surface area contributed by atoms with Crippen molar-refractivity contribution in [3.05, 3.63) is 59.1 Å². The van der Waals surface area contributed by atoms with Gasteiger partial charge in [0.25, 0.3) is 0 Å². The molecule has 1 fully saturated rings. The lowest BCUT2D eigenvalue weighted by Crippen LogP contribution is -2.52. The van der Waals surface area contributed by atoms with E-state index >= 15 is 0 Å². The second kappa shape index (κ2) is 9.09. The van der Waals surface area contributed by atoms with Crippen LogP contribution in [-0.4, -0.2) is 53.7 Å². The van der Waals surface area contributed by atoms with Crippen LogP contribution in [0.15, 0.2) is 64.0 Å². The van der Waals surface area contributed by atoms with E-state index in [1.807, 2.05) is 59.5 Å². The number of carbonyl (C=O) groups excluding carboxylic acids is 2. The zero-order valence-electron chi connectivity index (χ0n) is 14.2. The van der Waals surface area contributed by atoms with Gasteiger partial charge in [-0.1, -0.05) is 40.2 Å². The van der Waals surface area contributed by atoms with Crippen molar-refractivity contribution in [2.45, 2.75) is 4.90 Å². The summed E-state index contributed by atoms with van der Waals surface area (Å²) in [4.78, 5) is 29.3. The van der Waals surface area contributed by atoms with Crippen molar-refractivity contribution in [3.63, 3.8) is 0 Å². The van der Waals surface area contributed by atoms with Gasteiger partial charge < -0.3 is 15.1 Å². The summed E-state index contributed by atoms with van der Waals surface area (Å²) in [6.45, 7) is 2.23. The summed E-state index contributed by atoms with van der Waals surface area (Å²) in [5.74, 6) is 0.519. The molecule has 1 saturated heterocycles. The maximum Gasteiger partial charge on any atom is 0.321 e. The van der Waals surface area contributed by atoms with Crippen molar-refractivity contribution in [3.8, 4) is 0 Å². The van der Waals surface area contributed by atoms with Gasteiger partial charge in [-0.3, -0.25) is 4.79 Å². The van der Waals surface area contributed by atoms with Gasteiger partial charge in [-0.05, 0) is 30.3 Å². The maximum atomic E-state index is 12.4. The van der Waals surface area contributed by atoms with Crippen molar-refractivity contribution < 1.29 is 9.59 Å². The minimum absolute atomic E-state index is 0.109. The maximum absolute atomic E-state index is 12.4. The van der Waals surface area contributed by atoms with Crippen LogP contribution in [0.2, 0.25) is 0 Å². The lowest BCUT2D eigenvalue weighted by atomic mass is 10.3. The smallest absolute Gasteiger partial charge is 0.321 e. The molecule has 1 heterocycles. The number of urea groups is 1. The summed E-state index contributed by atoms with van der Waals surface area (Å²) in [6.07, 6.45) is 0. The Morgan fingerprint density at radius 1 is 0.962 bits per heavy atom. The van der Waals surface area contributed by atoms with E-state index in [0.29, 0.717) is 31.9 Å². The summed E-state index contributed by atoms with van der Waals surface area (Å²) in [6, 6.07) is 17.2. The molecule has 2 aromatic rings. The van der Waals surface area contributed by atoms with Crippen LogP contribution in [0, 0.1) is 0 Å². The predicted octanol–water partition coefficient (Wildman–Crippen LogP) is 3.92. The number of amides is 3. The van der Waals surface area contributed by atoms with Crippen LogP contribution < -0.4 is 5.32 Å². The number of carbonyl (C=O) groups is 2. The quantitative estimate of drug-likeness (QED) is 0.743. The van der Waals surface area contributed by atoms with Crippen LogP contribution in [0.1, 0.15) is 0 Å². The van der Waals surface area contributed by atoms with Gasteiger partial charge in [0.15, 0.2) is 0 Å². The van der Waals surface area contributed by atoms with E-state index in [0.717, 1.165) is 15.1 Å². The van der Waals surface area contributed by atoms with E-state index in [-0.39, 0.29) is 11.9 Å². The van der Waals surface area contributed by atoms with E-state index in [1.165, 1.54) is 11.8 Å². The molecule has 0 aromatic heterocycles. The number of thioether (sulfide) groups is 1. The number of anilines is 1. The van der Waals surface area contributed by atoms with E-state index < -0.39 is 0 Å². The SMILES string of the molecule is O=C(CSc1cccc(Br)c1)N1CCN(C(=O)Nc2ccccc2)CC1. The third-order valence-corrected chi connectivity index (χ3v) is 5.57. The number of para-hydroxylation sites is 1. The molecule has 0 bridgehead atoms. The first-order valence-corrected chi connectivity index (χ1v) is 10.2. The average molecular weight is 434 g/mol. The van der Waals surface area contributed by atoms with Gasteiger partial charge in [-0.25, -0.2) is 4.79 Å². The molecule has 2 aromatic carbocycles. The molecule has 136 valence electrons. The topological polar surface area (TPSA) is 52.7 Å². The lowest BCUT2D eigenvalue weighted by molar-refractivity contribution is -0.129. The van der Waals surface area contributed by atoms with Gasteiger partial charge in [-0.2, -0.15) is 0 Å². The summed E-state index contributed by atoms with van der Waals surface area (Å²) in [5, 5.41) is 2.88. The molecular formula is C19H20BrN3O2S. The average Bonchev–Trinajstić information content (AvgIpc) is 2.67. The highest BCUT2D eigenvalue weighted by atomic mass is 79.9. The Kier molecular flexibility index (Phi) is 6.57. The van der Waals surface area contributed by atoms with Gasteiger partial charge in [0.2, 0.25) is 5.91 Å². The summed E-state index contributed by atoms with van der Waals surface area (Å²) in [5.41, 5.74) is 0.779. The number of nitrogens with zero attached hydrogens (tertiary/aromatic N) is 2. The third-order valence-electron chi connectivity index (χ3n) is 4.10. The Morgan fingerprint density at radius 3 is 2.35 bits per heavy atom. The molecule has 5 nitrogen and oxygen atoms in total. The Balaban J connectivity index is 1.44. The number of halogens is 1. The van der Waals surface area contributed by atoms with Gasteiger partial charge in [-0.15, -0.1) is 11.8 Å². The number of benzene rings is 2. The summed E-state index contributed by atoms with van der Waals surface area (Å²) in [7, 11) is 0. The molecule has 0 saturated carbocycles. The third kappa shape index (κ3) is 5.25. The molecule has 3 amide bonds. The van der Waals surface area contributed by atoms with Crippen molar-refractivity contribution in [1.29, 1.82) is 0 Å². The fourth-order valence-corrected chi connectivity index (χ4v) is 4.08. The van der Waals surface area contributed by atoms with Crippen molar-refractivity contribution in [2.24, 2.45) is 0 Å². The molecule has 0 unspecified atom stereocenters. The number of rotatable bonds is 4. The highest BCUT2D eigenvalue weighted by Crippen LogP contribution is 2.22. The second-order valence-electron chi connectivity index (χ2n) is 5.91. The minimum atomic E-state index is -0.119. The molecule has 0 aliphatic carbocycles. The van der Waals surface area contributed by atoms with Gasteiger partial charge in [0.1, 0.15) is 0 Å².